The molecule has 0 radical (unpaired) electrons. The Hall–Kier alpha value is -3.36. The lowest BCUT2D eigenvalue weighted by molar-refractivity contribution is -0.384. The maximum absolute atomic E-state index is 13.1. The molecule has 0 saturated heterocycles. The molecule has 0 spiro atoms. The van der Waals surface area contributed by atoms with Crippen molar-refractivity contribution in [2.24, 2.45) is 0 Å². The maximum atomic E-state index is 13.1. The van der Waals surface area contributed by atoms with Crippen LogP contribution in [0.3, 0.4) is 0 Å². The topological polar surface area (TPSA) is 85.7 Å². The van der Waals surface area contributed by atoms with Gasteiger partial charge in [-0.15, -0.1) is 12.4 Å². The summed E-state index contributed by atoms with van der Waals surface area (Å²) < 4.78 is 24.5. The smallest absolute Gasteiger partial charge is 0.269 e. The minimum Gasteiger partial charge on any atom is -0.493 e. The standard InChI is InChI=1S/C23H24FN3O4.ClH/c1-30-22-4-2-3-18(23(22)31-16-17-5-7-19(24)8-6-17)15-25-13-14-26-20-9-11-21(12-10-20)27(28)29;/h2-12,25-26H,13-16H2,1H3;1H. The largest absolute Gasteiger partial charge is 0.493 e. The summed E-state index contributed by atoms with van der Waals surface area (Å²) >= 11 is 0. The summed E-state index contributed by atoms with van der Waals surface area (Å²) in [5.41, 5.74) is 2.68. The molecule has 9 heteroatoms. The molecule has 0 fully saturated rings. The van der Waals surface area contributed by atoms with Gasteiger partial charge in [0.25, 0.3) is 5.69 Å². The lowest BCUT2D eigenvalue weighted by Crippen LogP contribution is -2.22. The minimum absolute atomic E-state index is 0. The van der Waals surface area contributed by atoms with E-state index in [1.165, 1.54) is 24.3 Å². The van der Waals surface area contributed by atoms with Gasteiger partial charge < -0.3 is 20.1 Å². The van der Waals surface area contributed by atoms with Crippen LogP contribution in [0.4, 0.5) is 15.8 Å². The number of para-hydroxylation sites is 1. The summed E-state index contributed by atoms with van der Waals surface area (Å²) in [7, 11) is 1.59. The van der Waals surface area contributed by atoms with Crippen LogP contribution in [0.1, 0.15) is 11.1 Å². The summed E-state index contributed by atoms with van der Waals surface area (Å²) in [5, 5.41) is 17.3. The molecule has 0 aliphatic carbocycles. The number of nitrogens with one attached hydrogen (secondary N) is 2. The van der Waals surface area contributed by atoms with Crippen molar-refractivity contribution >= 4 is 23.8 Å². The van der Waals surface area contributed by atoms with Crippen molar-refractivity contribution in [3.05, 3.63) is 93.8 Å². The molecule has 0 aliphatic rings. The summed E-state index contributed by atoms with van der Waals surface area (Å²) in [6.07, 6.45) is 0. The zero-order valence-corrected chi connectivity index (χ0v) is 18.4. The normalized spacial score (nSPS) is 10.2. The van der Waals surface area contributed by atoms with Gasteiger partial charge in [-0.25, -0.2) is 4.39 Å². The average molecular weight is 462 g/mol. The fourth-order valence-corrected chi connectivity index (χ4v) is 2.98. The molecule has 0 bridgehead atoms. The second-order valence-electron chi connectivity index (χ2n) is 6.77. The Balaban J connectivity index is 0.00000363. The molecule has 7 nitrogen and oxygen atoms in total. The van der Waals surface area contributed by atoms with Crippen molar-refractivity contribution in [3.8, 4) is 11.5 Å². The first-order valence-corrected chi connectivity index (χ1v) is 9.79. The molecule has 0 heterocycles. The highest BCUT2D eigenvalue weighted by molar-refractivity contribution is 5.85. The second kappa shape index (κ2) is 12.5. The van der Waals surface area contributed by atoms with Gasteiger partial charge >= 0.3 is 0 Å². The lowest BCUT2D eigenvalue weighted by atomic mass is 10.1. The van der Waals surface area contributed by atoms with Gasteiger partial charge in [0.2, 0.25) is 0 Å². The van der Waals surface area contributed by atoms with E-state index in [2.05, 4.69) is 10.6 Å². The number of nitro groups is 1. The van der Waals surface area contributed by atoms with Crippen LogP contribution in [0.15, 0.2) is 66.7 Å². The van der Waals surface area contributed by atoms with Gasteiger partial charge in [-0.2, -0.15) is 0 Å². The van der Waals surface area contributed by atoms with E-state index in [9.17, 15) is 14.5 Å². The quantitative estimate of drug-likeness (QED) is 0.239. The number of anilines is 1. The highest BCUT2D eigenvalue weighted by Crippen LogP contribution is 2.31. The third-order valence-corrected chi connectivity index (χ3v) is 4.60. The van der Waals surface area contributed by atoms with Crippen LogP contribution in [0.25, 0.3) is 0 Å². The van der Waals surface area contributed by atoms with Gasteiger partial charge in [0, 0.05) is 43.0 Å². The Morgan fingerprint density at radius 1 is 1.00 bits per heavy atom. The molecule has 3 aromatic rings. The zero-order chi connectivity index (χ0) is 22.1. The lowest BCUT2D eigenvalue weighted by Gasteiger charge is -2.16. The molecule has 3 aromatic carbocycles. The van der Waals surface area contributed by atoms with Gasteiger partial charge in [0.1, 0.15) is 12.4 Å². The van der Waals surface area contributed by atoms with Crippen LogP contribution in [0.2, 0.25) is 0 Å². The van der Waals surface area contributed by atoms with Gasteiger partial charge in [-0.1, -0.05) is 24.3 Å². The van der Waals surface area contributed by atoms with E-state index in [-0.39, 0.29) is 23.9 Å². The second-order valence-corrected chi connectivity index (χ2v) is 6.77. The summed E-state index contributed by atoms with van der Waals surface area (Å²) in [6, 6.07) is 18.2. The first-order chi connectivity index (χ1) is 15.1. The molecular formula is C23H25ClFN3O4. The SMILES string of the molecule is COc1cccc(CNCCNc2ccc([N+](=O)[O-])cc2)c1OCc1ccc(F)cc1.Cl. The Kier molecular flexibility index (Phi) is 9.72. The molecule has 0 aliphatic heterocycles. The molecule has 170 valence electrons. The highest BCUT2D eigenvalue weighted by Gasteiger charge is 2.11. The number of hydrogen-bond donors (Lipinski definition) is 2. The average Bonchev–Trinajstić information content (AvgIpc) is 2.79. The van der Waals surface area contributed by atoms with E-state index in [1.807, 2.05) is 18.2 Å². The number of nitro benzene ring substituents is 1. The van der Waals surface area contributed by atoms with E-state index in [0.717, 1.165) is 16.8 Å². The number of ether oxygens (including phenoxy) is 2. The van der Waals surface area contributed by atoms with Crippen LogP contribution in [-0.2, 0) is 13.2 Å². The number of benzene rings is 3. The Bertz CT molecular complexity index is 1000. The van der Waals surface area contributed by atoms with Gasteiger partial charge in [0.15, 0.2) is 11.5 Å². The molecule has 0 unspecified atom stereocenters. The number of nitrogens with zero attached hydrogens (tertiary/aromatic N) is 1. The fourth-order valence-electron chi connectivity index (χ4n) is 2.98. The van der Waals surface area contributed by atoms with Crippen molar-refractivity contribution in [1.82, 2.24) is 5.32 Å². The Morgan fingerprint density at radius 3 is 2.38 bits per heavy atom. The Labute approximate surface area is 192 Å². The summed E-state index contributed by atoms with van der Waals surface area (Å²) in [5.74, 6) is 0.990. The van der Waals surface area contributed by atoms with E-state index in [0.29, 0.717) is 37.7 Å². The van der Waals surface area contributed by atoms with Crippen LogP contribution in [0, 0.1) is 15.9 Å². The minimum atomic E-state index is -0.421. The zero-order valence-electron chi connectivity index (χ0n) is 17.5. The molecule has 3 rings (SSSR count). The van der Waals surface area contributed by atoms with Gasteiger partial charge in [-0.05, 0) is 35.9 Å². The number of halogens is 2. The molecule has 0 aromatic heterocycles. The summed E-state index contributed by atoms with van der Waals surface area (Å²) in [4.78, 5) is 10.3. The third kappa shape index (κ3) is 7.11. The van der Waals surface area contributed by atoms with Crippen LogP contribution in [0.5, 0.6) is 11.5 Å². The number of hydrogen-bond acceptors (Lipinski definition) is 6. The number of rotatable bonds is 11. The van der Waals surface area contributed by atoms with Crippen molar-refractivity contribution in [2.75, 3.05) is 25.5 Å². The van der Waals surface area contributed by atoms with Crippen molar-refractivity contribution in [2.45, 2.75) is 13.2 Å². The van der Waals surface area contributed by atoms with Crippen LogP contribution in [-0.4, -0.2) is 25.1 Å². The van der Waals surface area contributed by atoms with Crippen molar-refractivity contribution in [1.29, 1.82) is 0 Å². The molecule has 0 atom stereocenters. The van der Waals surface area contributed by atoms with E-state index in [4.69, 9.17) is 9.47 Å². The monoisotopic (exact) mass is 461 g/mol. The maximum Gasteiger partial charge on any atom is 0.269 e. The highest BCUT2D eigenvalue weighted by atomic mass is 35.5. The molecule has 0 amide bonds. The van der Waals surface area contributed by atoms with Crippen LogP contribution >= 0.6 is 12.4 Å². The van der Waals surface area contributed by atoms with Gasteiger partial charge in [-0.3, -0.25) is 10.1 Å². The van der Waals surface area contributed by atoms with Crippen molar-refractivity contribution in [3.63, 3.8) is 0 Å². The van der Waals surface area contributed by atoms with E-state index in [1.54, 1.807) is 31.4 Å². The Morgan fingerprint density at radius 2 is 1.72 bits per heavy atom. The predicted molar refractivity (Wildman–Crippen MR) is 124 cm³/mol. The van der Waals surface area contributed by atoms with E-state index >= 15 is 0 Å². The molecule has 0 saturated carbocycles. The number of non-ortho nitro benzene ring substituents is 1. The van der Waals surface area contributed by atoms with E-state index < -0.39 is 4.92 Å². The van der Waals surface area contributed by atoms with Crippen LogP contribution < -0.4 is 20.1 Å². The number of methoxy groups -OCH3 is 1. The van der Waals surface area contributed by atoms with Gasteiger partial charge in [0.05, 0.1) is 12.0 Å². The predicted octanol–water partition coefficient (Wildman–Crippen LogP) is 4.95. The summed E-state index contributed by atoms with van der Waals surface area (Å²) in [6.45, 7) is 2.19. The first kappa shape index (κ1) is 24.9. The molecular weight excluding hydrogens is 437 g/mol. The molecule has 2 N–H and O–H groups in total. The third-order valence-electron chi connectivity index (χ3n) is 4.60. The molecule has 32 heavy (non-hydrogen) atoms. The fraction of sp³-hybridized carbons (Fsp3) is 0.217. The van der Waals surface area contributed by atoms with Crippen molar-refractivity contribution < 1.29 is 18.8 Å². The first-order valence-electron chi connectivity index (χ1n) is 9.79.